The molecule has 6 aromatic rings. The van der Waals surface area contributed by atoms with Crippen molar-refractivity contribution in [2.75, 3.05) is 13.2 Å². The van der Waals surface area contributed by atoms with E-state index in [4.69, 9.17) is 14.6 Å². The summed E-state index contributed by atoms with van der Waals surface area (Å²) in [6.07, 6.45) is 5.49. The van der Waals surface area contributed by atoms with Crippen molar-refractivity contribution >= 4 is 22.4 Å². The highest BCUT2D eigenvalue weighted by Gasteiger charge is 2.15. The van der Waals surface area contributed by atoms with Gasteiger partial charge in [0.05, 0.1) is 16.8 Å². The highest BCUT2D eigenvalue weighted by Crippen LogP contribution is 2.27. The Hall–Kier alpha value is -5.02. The molecular formula is C33H29N5O3S. The van der Waals surface area contributed by atoms with E-state index in [9.17, 15) is 4.79 Å². The highest BCUT2D eigenvalue weighted by molar-refractivity contribution is 7.15. The Labute approximate surface area is 246 Å². The molecule has 42 heavy (non-hydrogen) atoms. The summed E-state index contributed by atoms with van der Waals surface area (Å²) in [6.45, 7) is 8.98. The summed E-state index contributed by atoms with van der Waals surface area (Å²) < 4.78 is 15.1. The molecule has 3 aromatic carbocycles. The molecule has 0 radical (unpaired) electrons. The van der Waals surface area contributed by atoms with Gasteiger partial charge < -0.3 is 9.47 Å². The maximum absolute atomic E-state index is 13.4. The minimum Gasteiger partial charge on any atom is -0.493 e. The number of hydrogen-bond donors (Lipinski definition) is 0. The summed E-state index contributed by atoms with van der Waals surface area (Å²) in [7, 11) is 0. The third-order valence-corrected chi connectivity index (χ3v) is 7.38. The first kappa shape index (κ1) is 27.2. The number of nitrogens with zero attached hydrogens (tertiary/aromatic N) is 5. The zero-order valence-corrected chi connectivity index (χ0v) is 24.1. The first-order valence-corrected chi connectivity index (χ1v) is 14.4. The lowest BCUT2D eigenvalue weighted by molar-refractivity contribution is 0.271. The zero-order chi connectivity index (χ0) is 29.1. The van der Waals surface area contributed by atoms with Crippen LogP contribution in [0.2, 0.25) is 0 Å². The molecule has 0 saturated carbocycles. The van der Waals surface area contributed by atoms with Crippen molar-refractivity contribution in [3.8, 4) is 39.8 Å². The van der Waals surface area contributed by atoms with Gasteiger partial charge in [-0.2, -0.15) is 14.6 Å². The van der Waals surface area contributed by atoms with Gasteiger partial charge in [-0.05, 0) is 72.7 Å². The van der Waals surface area contributed by atoms with Crippen LogP contribution in [0.3, 0.4) is 0 Å². The van der Waals surface area contributed by atoms with E-state index in [0.717, 1.165) is 39.6 Å². The lowest BCUT2D eigenvalue weighted by Crippen LogP contribution is -2.23. The molecule has 0 atom stereocenters. The Kier molecular flexibility index (Phi) is 7.66. The summed E-state index contributed by atoms with van der Waals surface area (Å²) in [5.41, 5.74) is 3.98. The molecule has 210 valence electrons. The van der Waals surface area contributed by atoms with Crippen molar-refractivity contribution in [3.63, 3.8) is 0 Å². The molecule has 0 unspecified atom stereocenters. The molecule has 0 bridgehead atoms. The SMILES string of the molecule is C=CCOc1ccc(-c2nc3s/c(=C\c4cn(-c5ccccc5)nc4-c4ccc(OCC(C)C)cc4)c(=O)n3n2)cc1. The summed E-state index contributed by atoms with van der Waals surface area (Å²) in [5.74, 6) is 2.46. The molecule has 0 aliphatic carbocycles. The first-order valence-electron chi connectivity index (χ1n) is 13.6. The maximum atomic E-state index is 13.4. The van der Waals surface area contributed by atoms with E-state index in [1.807, 2.05) is 95.8 Å². The van der Waals surface area contributed by atoms with Gasteiger partial charge in [0, 0.05) is 22.9 Å². The number of aromatic nitrogens is 5. The fourth-order valence-corrected chi connectivity index (χ4v) is 5.25. The van der Waals surface area contributed by atoms with Gasteiger partial charge in [0.1, 0.15) is 23.8 Å². The minimum absolute atomic E-state index is 0.226. The molecule has 0 saturated heterocycles. The van der Waals surface area contributed by atoms with E-state index >= 15 is 0 Å². The molecule has 0 aliphatic heterocycles. The summed E-state index contributed by atoms with van der Waals surface area (Å²) in [4.78, 5) is 18.6. The fraction of sp³-hybridized carbons (Fsp3) is 0.152. The topological polar surface area (TPSA) is 83.5 Å². The normalized spacial score (nSPS) is 11.8. The molecule has 9 heteroatoms. The lowest BCUT2D eigenvalue weighted by Gasteiger charge is -2.09. The average molecular weight is 576 g/mol. The molecular weight excluding hydrogens is 546 g/mol. The number of hydrogen-bond acceptors (Lipinski definition) is 7. The van der Waals surface area contributed by atoms with Gasteiger partial charge in [0.15, 0.2) is 5.82 Å². The zero-order valence-electron chi connectivity index (χ0n) is 23.3. The number of para-hydroxylation sites is 1. The van der Waals surface area contributed by atoms with Crippen LogP contribution in [-0.4, -0.2) is 37.6 Å². The van der Waals surface area contributed by atoms with Crippen LogP contribution in [0, 0.1) is 5.92 Å². The molecule has 3 heterocycles. The molecule has 6 rings (SSSR count). The number of rotatable bonds is 10. The Morgan fingerprint density at radius 3 is 2.26 bits per heavy atom. The van der Waals surface area contributed by atoms with E-state index in [0.29, 0.717) is 34.4 Å². The summed E-state index contributed by atoms with van der Waals surface area (Å²) in [6, 6.07) is 25.2. The van der Waals surface area contributed by atoms with Gasteiger partial charge in [-0.1, -0.05) is 56.0 Å². The lowest BCUT2D eigenvalue weighted by atomic mass is 10.1. The largest absolute Gasteiger partial charge is 0.493 e. The van der Waals surface area contributed by atoms with Crippen LogP contribution < -0.4 is 19.6 Å². The third-order valence-electron chi connectivity index (χ3n) is 6.42. The monoisotopic (exact) mass is 575 g/mol. The minimum atomic E-state index is -0.226. The van der Waals surface area contributed by atoms with Crippen LogP contribution in [0.25, 0.3) is 39.4 Å². The van der Waals surface area contributed by atoms with E-state index < -0.39 is 0 Å². The van der Waals surface area contributed by atoms with Crippen molar-refractivity contribution in [1.82, 2.24) is 24.4 Å². The number of ether oxygens (including phenoxy) is 2. The molecule has 0 spiro atoms. The molecule has 0 fully saturated rings. The van der Waals surface area contributed by atoms with Gasteiger partial charge in [-0.15, -0.1) is 5.10 Å². The molecule has 0 N–H and O–H groups in total. The van der Waals surface area contributed by atoms with Crippen molar-refractivity contribution in [2.24, 2.45) is 5.92 Å². The highest BCUT2D eigenvalue weighted by atomic mass is 32.1. The van der Waals surface area contributed by atoms with Gasteiger partial charge in [0.2, 0.25) is 4.96 Å². The maximum Gasteiger partial charge on any atom is 0.291 e. The number of thiazole rings is 1. The fourth-order valence-electron chi connectivity index (χ4n) is 4.35. The Morgan fingerprint density at radius 2 is 1.60 bits per heavy atom. The van der Waals surface area contributed by atoms with Crippen LogP contribution in [0.5, 0.6) is 11.5 Å². The summed E-state index contributed by atoms with van der Waals surface area (Å²) >= 11 is 1.30. The van der Waals surface area contributed by atoms with Crippen LogP contribution in [0.15, 0.2) is 103 Å². The third kappa shape index (κ3) is 5.73. The second-order valence-corrected chi connectivity index (χ2v) is 11.1. The van der Waals surface area contributed by atoms with Crippen LogP contribution in [0.1, 0.15) is 19.4 Å². The van der Waals surface area contributed by atoms with E-state index in [1.165, 1.54) is 15.9 Å². The van der Waals surface area contributed by atoms with Crippen LogP contribution >= 0.6 is 11.3 Å². The van der Waals surface area contributed by atoms with E-state index in [-0.39, 0.29) is 5.56 Å². The summed E-state index contributed by atoms with van der Waals surface area (Å²) in [5, 5.41) is 9.40. The standard InChI is InChI=1S/C33H29N5O3S/c1-4-18-40-27-16-12-24(13-17-27)31-34-33-38(36-31)32(39)29(42-33)19-25-20-37(26-8-6-5-7-9-26)35-30(25)23-10-14-28(15-11-23)41-21-22(2)3/h4-17,19-20,22H,1,18,21H2,2-3H3/b29-19-. The molecule has 0 amide bonds. The Balaban J connectivity index is 1.36. The van der Waals surface area contributed by atoms with Crippen LogP contribution in [-0.2, 0) is 0 Å². The number of fused-ring (bicyclic) bond motifs is 1. The molecule has 0 aliphatic rings. The van der Waals surface area contributed by atoms with Crippen molar-refractivity contribution in [3.05, 3.63) is 118 Å². The molecule has 8 nitrogen and oxygen atoms in total. The quantitative estimate of drug-likeness (QED) is 0.192. The number of benzene rings is 3. The van der Waals surface area contributed by atoms with E-state index in [2.05, 4.69) is 30.5 Å². The second-order valence-electron chi connectivity index (χ2n) is 10.1. The van der Waals surface area contributed by atoms with Crippen LogP contribution in [0.4, 0.5) is 0 Å². The predicted octanol–water partition coefficient (Wildman–Crippen LogP) is 5.82. The van der Waals surface area contributed by atoms with Gasteiger partial charge in [-0.3, -0.25) is 4.79 Å². The van der Waals surface area contributed by atoms with Crippen molar-refractivity contribution in [2.45, 2.75) is 13.8 Å². The van der Waals surface area contributed by atoms with Gasteiger partial charge in [-0.25, -0.2) is 4.68 Å². The van der Waals surface area contributed by atoms with Crippen molar-refractivity contribution in [1.29, 1.82) is 0 Å². The van der Waals surface area contributed by atoms with Gasteiger partial charge in [0.25, 0.3) is 5.56 Å². The Morgan fingerprint density at radius 1 is 0.905 bits per heavy atom. The smallest absolute Gasteiger partial charge is 0.291 e. The Bertz CT molecular complexity index is 1940. The van der Waals surface area contributed by atoms with Crippen molar-refractivity contribution < 1.29 is 9.47 Å². The molecule has 3 aromatic heterocycles. The predicted molar refractivity (Wildman–Crippen MR) is 166 cm³/mol. The van der Waals surface area contributed by atoms with E-state index in [1.54, 1.807) is 6.08 Å². The average Bonchev–Trinajstić information content (AvgIpc) is 3.71. The first-order chi connectivity index (χ1) is 20.5. The van der Waals surface area contributed by atoms with Gasteiger partial charge >= 0.3 is 0 Å². The second kappa shape index (κ2) is 11.8.